The molecule has 0 fully saturated rings. The molecular weight excluding hydrogens is 418 g/mol. The number of hydrogen-bond acceptors (Lipinski definition) is 6. The highest BCUT2D eigenvalue weighted by Gasteiger charge is 2.09. The Morgan fingerprint density at radius 2 is 1.87 bits per heavy atom. The molecule has 7 nitrogen and oxygen atoms in total. The van der Waals surface area contributed by atoms with Crippen LogP contribution in [0, 0.1) is 0 Å². The highest BCUT2D eigenvalue weighted by molar-refractivity contribution is 7.85. The predicted molar refractivity (Wildman–Crippen MR) is 119 cm³/mol. The minimum Gasteiger partial charge on any atom is -0.493 e. The van der Waals surface area contributed by atoms with Gasteiger partial charge in [-0.1, -0.05) is 36.4 Å². The summed E-state index contributed by atoms with van der Waals surface area (Å²) in [7, 11) is -2.35. The van der Waals surface area contributed by atoms with Crippen LogP contribution >= 0.6 is 0 Å². The zero-order valence-electron chi connectivity index (χ0n) is 17.2. The molecule has 1 aromatic heterocycles. The van der Waals surface area contributed by atoms with Crippen molar-refractivity contribution in [2.75, 3.05) is 12.9 Å². The van der Waals surface area contributed by atoms with Gasteiger partial charge < -0.3 is 13.9 Å². The van der Waals surface area contributed by atoms with Gasteiger partial charge in [0.2, 0.25) is 5.89 Å². The number of aryl methyl sites for hydroxylation is 1. The molecule has 3 aromatic rings. The molecule has 8 heteroatoms. The predicted octanol–water partition coefficient (Wildman–Crippen LogP) is 4.64. The lowest BCUT2D eigenvalue weighted by Crippen LogP contribution is -2.04. The van der Waals surface area contributed by atoms with Gasteiger partial charge in [0.25, 0.3) is 10.1 Å². The Morgan fingerprint density at radius 3 is 2.61 bits per heavy atom. The quantitative estimate of drug-likeness (QED) is 0.340. The molecule has 1 heterocycles. The monoisotopic (exact) mass is 443 g/mol. The molecule has 0 bridgehead atoms. The maximum atomic E-state index is 10.8. The van der Waals surface area contributed by atoms with Crippen LogP contribution in [-0.2, 0) is 23.1 Å². The average Bonchev–Trinajstić information content (AvgIpc) is 3.22. The smallest absolute Gasteiger partial charge is 0.264 e. The molecule has 0 aliphatic heterocycles. The minimum absolute atomic E-state index is 0.229. The third kappa shape index (κ3) is 7.58. The molecule has 2 aromatic carbocycles. The van der Waals surface area contributed by atoms with Crippen LogP contribution in [0.15, 0.2) is 59.2 Å². The van der Waals surface area contributed by atoms with E-state index in [1.54, 1.807) is 19.4 Å². The summed E-state index contributed by atoms with van der Waals surface area (Å²) in [5.74, 6) is 1.43. The zero-order chi connectivity index (χ0) is 22.1. The largest absolute Gasteiger partial charge is 0.493 e. The van der Waals surface area contributed by atoms with Gasteiger partial charge in [-0.25, -0.2) is 4.98 Å². The number of ether oxygens (including phenoxy) is 2. The lowest BCUT2D eigenvalue weighted by atomic mass is 10.1. The fourth-order valence-corrected chi connectivity index (χ4v) is 3.52. The van der Waals surface area contributed by atoms with Crippen LogP contribution in [0.3, 0.4) is 0 Å². The topological polar surface area (TPSA) is 98.9 Å². The normalized spacial score (nSPS) is 11.7. The molecule has 0 radical (unpaired) electrons. The number of unbranched alkanes of at least 4 members (excludes halogenated alkanes) is 1. The summed E-state index contributed by atoms with van der Waals surface area (Å²) in [5, 5.41) is 0. The van der Waals surface area contributed by atoms with Crippen LogP contribution in [0.5, 0.6) is 11.5 Å². The van der Waals surface area contributed by atoms with Crippen molar-refractivity contribution >= 4 is 22.3 Å². The van der Waals surface area contributed by atoms with Crippen LogP contribution in [0.2, 0.25) is 0 Å². The van der Waals surface area contributed by atoms with E-state index in [9.17, 15) is 8.42 Å². The molecule has 0 aliphatic rings. The first kappa shape index (κ1) is 22.6. The number of hydrogen-bond donors (Lipinski definition) is 1. The van der Waals surface area contributed by atoms with Gasteiger partial charge in [0.1, 0.15) is 18.6 Å². The number of aromatic nitrogens is 1. The Hall–Kier alpha value is -3.10. The highest BCUT2D eigenvalue weighted by atomic mass is 32.2. The van der Waals surface area contributed by atoms with Gasteiger partial charge in [0.15, 0.2) is 11.5 Å². The average molecular weight is 444 g/mol. The first-order valence-electron chi connectivity index (χ1n) is 9.85. The second-order valence-corrected chi connectivity index (χ2v) is 8.51. The maximum Gasteiger partial charge on any atom is 0.264 e. The molecule has 3 rings (SSSR count). The number of nitrogens with zero attached hydrogens (tertiary/aromatic N) is 1. The summed E-state index contributed by atoms with van der Waals surface area (Å²) in [6, 6.07) is 15.5. The van der Waals surface area contributed by atoms with E-state index in [2.05, 4.69) is 4.98 Å². The van der Waals surface area contributed by atoms with Crippen molar-refractivity contribution in [1.29, 1.82) is 0 Å². The fraction of sp³-hybridized carbons (Fsp3) is 0.261. The fourth-order valence-electron chi connectivity index (χ4n) is 2.95. The molecule has 0 spiro atoms. The molecule has 0 aliphatic carbocycles. The summed E-state index contributed by atoms with van der Waals surface area (Å²) in [6.45, 7) is 0.229. The van der Waals surface area contributed by atoms with Crippen molar-refractivity contribution in [3.63, 3.8) is 0 Å². The van der Waals surface area contributed by atoms with E-state index in [-0.39, 0.29) is 12.4 Å². The van der Waals surface area contributed by atoms with Crippen LogP contribution in [0.1, 0.15) is 35.6 Å². The third-order valence-corrected chi connectivity index (χ3v) is 5.31. The van der Waals surface area contributed by atoms with Crippen LogP contribution in [-0.4, -0.2) is 30.8 Å². The molecular formula is C23H25NO6S. The van der Waals surface area contributed by atoms with Crippen LogP contribution in [0.25, 0.3) is 12.2 Å². The maximum absolute atomic E-state index is 10.8. The Morgan fingerprint density at radius 1 is 1.06 bits per heavy atom. The second kappa shape index (κ2) is 10.8. The summed E-state index contributed by atoms with van der Waals surface area (Å²) in [5.41, 5.74) is 2.71. The van der Waals surface area contributed by atoms with E-state index in [4.69, 9.17) is 18.4 Å². The van der Waals surface area contributed by atoms with Crippen molar-refractivity contribution in [3.8, 4) is 11.5 Å². The Kier molecular flexibility index (Phi) is 7.86. The van der Waals surface area contributed by atoms with E-state index in [0.717, 1.165) is 11.1 Å². The molecule has 31 heavy (non-hydrogen) atoms. The Balaban J connectivity index is 1.54. The number of benzene rings is 2. The molecule has 1 N–H and O–H groups in total. The van der Waals surface area contributed by atoms with Gasteiger partial charge in [-0.2, -0.15) is 8.42 Å². The second-order valence-electron chi connectivity index (χ2n) is 6.94. The van der Waals surface area contributed by atoms with Crippen molar-refractivity contribution in [2.24, 2.45) is 0 Å². The third-order valence-electron chi connectivity index (χ3n) is 4.51. The van der Waals surface area contributed by atoms with Gasteiger partial charge in [0.05, 0.1) is 12.9 Å². The summed E-state index contributed by atoms with van der Waals surface area (Å²) in [4.78, 5) is 4.39. The Bertz CT molecular complexity index is 1110. The lowest BCUT2D eigenvalue weighted by Gasteiger charge is -2.11. The van der Waals surface area contributed by atoms with E-state index in [1.807, 2.05) is 54.6 Å². The van der Waals surface area contributed by atoms with Crippen LogP contribution in [0.4, 0.5) is 0 Å². The van der Waals surface area contributed by atoms with Gasteiger partial charge >= 0.3 is 0 Å². The van der Waals surface area contributed by atoms with E-state index in [0.29, 0.717) is 42.3 Å². The molecule has 0 saturated heterocycles. The van der Waals surface area contributed by atoms with Gasteiger partial charge in [-0.15, -0.1) is 0 Å². The van der Waals surface area contributed by atoms with E-state index in [1.165, 1.54) is 0 Å². The summed E-state index contributed by atoms with van der Waals surface area (Å²) in [6.07, 6.45) is 6.99. The van der Waals surface area contributed by atoms with E-state index < -0.39 is 10.1 Å². The molecule has 0 amide bonds. The SMILES string of the molecule is COc1cc(CCCCS(=O)(=O)O)ccc1OCc1coc(C=Cc2ccccc2)n1. The van der Waals surface area contributed by atoms with E-state index >= 15 is 0 Å². The van der Waals surface area contributed by atoms with Crippen LogP contribution < -0.4 is 9.47 Å². The number of oxazole rings is 1. The summed E-state index contributed by atoms with van der Waals surface area (Å²) >= 11 is 0. The molecule has 0 unspecified atom stereocenters. The number of rotatable bonds is 11. The Labute approximate surface area is 182 Å². The number of methoxy groups -OCH3 is 1. The zero-order valence-corrected chi connectivity index (χ0v) is 18.0. The first-order chi connectivity index (χ1) is 14.9. The minimum atomic E-state index is -3.91. The highest BCUT2D eigenvalue weighted by Crippen LogP contribution is 2.29. The lowest BCUT2D eigenvalue weighted by molar-refractivity contribution is 0.280. The summed E-state index contributed by atoms with van der Waals surface area (Å²) < 4.78 is 47.1. The molecule has 164 valence electrons. The van der Waals surface area contributed by atoms with Crippen molar-refractivity contribution in [2.45, 2.75) is 25.9 Å². The first-order valence-corrected chi connectivity index (χ1v) is 11.5. The van der Waals surface area contributed by atoms with Crippen molar-refractivity contribution in [3.05, 3.63) is 77.5 Å². The van der Waals surface area contributed by atoms with Gasteiger partial charge in [0, 0.05) is 6.08 Å². The molecule has 0 saturated carbocycles. The van der Waals surface area contributed by atoms with Gasteiger partial charge in [-0.05, 0) is 48.6 Å². The van der Waals surface area contributed by atoms with Crippen molar-refractivity contribution < 1.29 is 26.9 Å². The molecule has 0 atom stereocenters. The standard InChI is InChI=1S/C23H25NO6S/c1-28-22-15-19(9-5-6-14-31(25,26)27)10-12-21(22)29-16-20-17-30-23(24-20)13-11-18-7-3-2-4-8-18/h2-4,7-8,10-13,15,17H,5-6,9,14,16H2,1H3,(H,25,26,27). The van der Waals surface area contributed by atoms with Gasteiger partial charge in [-0.3, -0.25) is 4.55 Å². The van der Waals surface area contributed by atoms with Crippen molar-refractivity contribution in [1.82, 2.24) is 4.98 Å².